The van der Waals surface area contributed by atoms with Crippen molar-refractivity contribution in [2.75, 3.05) is 6.61 Å². The van der Waals surface area contributed by atoms with Gasteiger partial charge in [0.05, 0.1) is 6.61 Å². The number of carbonyl (C=O) groups is 1. The SMILES string of the molecule is Cc1cc(Br)c(C=O)c2c1OCC2. The zero-order valence-electron chi connectivity index (χ0n) is 7.26. The second-order valence-electron chi connectivity index (χ2n) is 3.11. The van der Waals surface area contributed by atoms with Crippen LogP contribution >= 0.6 is 15.9 Å². The van der Waals surface area contributed by atoms with Crippen molar-refractivity contribution in [2.45, 2.75) is 13.3 Å². The summed E-state index contributed by atoms with van der Waals surface area (Å²) in [6, 6.07) is 1.92. The van der Waals surface area contributed by atoms with Gasteiger partial charge in [-0.25, -0.2) is 0 Å². The first kappa shape index (κ1) is 8.75. The molecule has 1 aliphatic rings. The van der Waals surface area contributed by atoms with Gasteiger partial charge < -0.3 is 4.74 Å². The molecule has 1 aromatic carbocycles. The lowest BCUT2D eigenvalue weighted by Crippen LogP contribution is -1.92. The number of aryl methyl sites for hydroxylation is 1. The number of rotatable bonds is 1. The molecule has 0 radical (unpaired) electrons. The number of hydrogen-bond donors (Lipinski definition) is 0. The number of fused-ring (bicyclic) bond motifs is 1. The molecule has 2 rings (SSSR count). The third-order valence-electron chi connectivity index (χ3n) is 2.27. The smallest absolute Gasteiger partial charge is 0.151 e. The first-order valence-corrected chi connectivity index (χ1v) is 4.93. The molecule has 0 bridgehead atoms. The maximum atomic E-state index is 10.8. The molecule has 2 nitrogen and oxygen atoms in total. The average Bonchev–Trinajstić information content (AvgIpc) is 2.53. The minimum atomic E-state index is 0.688. The topological polar surface area (TPSA) is 26.3 Å². The highest BCUT2D eigenvalue weighted by Crippen LogP contribution is 2.35. The van der Waals surface area contributed by atoms with E-state index < -0.39 is 0 Å². The fourth-order valence-electron chi connectivity index (χ4n) is 1.67. The molecule has 0 atom stereocenters. The van der Waals surface area contributed by atoms with Gasteiger partial charge in [-0.2, -0.15) is 0 Å². The van der Waals surface area contributed by atoms with E-state index in [9.17, 15) is 4.79 Å². The molecule has 0 unspecified atom stereocenters. The van der Waals surface area contributed by atoms with Gasteiger partial charge in [-0.05, 0) is 18.6 Å². The maximum Gasteiger partial charge on any atom is 0.151 e. The zero-order valence-corrected chi connectivity index (χ0v) is 8.85. The maximum absolute atomic E-state index is 10.8. The lowest BCUT2D eigenvalue weighted by atomic mass is 10.0. The normalized spacial score (nSPS) is 13.7. The van der Waals surface area contributed by atoms with Gasteiger partial charge >= 0.3 is 0 Å². The molecule has 0 spiro atoms. The molecule has 1 aromatic rings. The van der Waals surface area contributed by atoms with E-state index in [2.05, 4.69) is 15.9 Å². The van der Waals surface area contributed by atoms with Crippen molar-refractivity contribution in [1.82, 2.24) is 0 Å². The minimum absolute atomic E-state index is 0.688. The van der Waals surface area contributed by atoms with Gasteiger partial charge in [0.25, 0.3) is 0 Å². The Balaban J connectivity index is 2.71. The fraction of sp³-hybridized carbons (Fsp3) is 0.300. The molecule has 68 valence electrons. The van der Waals surface area contributed by atoms with Crippen molar-refractivity contribution < 1.29 is 9.53 Å². The number of hydrogen-bond acceptors (Lipinski definition) is 2. The summed E-state index contributed by atoms with van der Waals surface area (Å²) in [5.41, 5.74) is 2.87. The van der Waals surface area contributed by atoms with Crippen LogP contribution in [0.3, 0.4) is 0 Å². The summed E-state index contributed by atoms with van der Waals surface area (Å²) in [5, 5.41) is 0. The first-order valence-electron chi connectivity index (χ1n) is 4.14. The Kier molecular flexibility index (Phi) is 2.12. The summed E-state index contributed by atoms with van der Waals surface area (Å²) in [5.74, 6) is 0.894. The second-order valence-corrected chi connectivity index (χ2v) is 3.97. The van der Waals surface area contributed by atoms with Crippen LogP contribution in [-0.4, -0.2) is 12.9 Å². The molecule has 13 heavy (non-hydrogen) atoms. The summed E-state index contributed by atoms with van der Waals surface area (Å²) in [7, 11) is 0. The van der Waals surface area contributed by atoms with Crippen LogP contribution in [0.1, 0.15) is 21.5 Å². The predicted molar refractivity (Wildman–Crippen MR) is 53.5 cm³/mol. The number of ether oxygens (including phenoxy) is 1. The Morgan fingerprint density at radius 2 is 2.38 bits per heavy atom. The van der Waals surface area contributed by atoms with Crippen LogP contribution in [0.4, 0.5) is 0 Å². The number of carbonyl (C=O) groups excluding carboxylic acids is 1. The lowest BCUT2D eigenvalue weighted by molar-refractivity contribution is 0.112. The number of benzene rings is 1. The van der Waals surface area contributed by atoms with E-state index in [1.807, 2.05) is 13.0 Å². The number of halogens is 1. The summed E-state index contributed by atoms with van der Waals surface area (Å²) in [4.78, 5) is 10.8. The van der Waals surface area contributed by atoms with Gasteiger partial charge in [-0.3, -0.25) is 4.79 Å². The van der Waals surface area contributed by atoms with Crippen LogP contribution in [0.15, 0.2) is 10.5 Å². The summed E-state index contributed by atoms with van der Waals surface area (Å²) >= 11 is 3.37. The Bertz CT molecular complexity index is 372. The van der Waals surface area contributed by atoms with Gasteiger partial charge in [0, 0.05) is 22.0 Å². The Hall–Kier alpha value is -0.830. The molecule has 0 fully saturated rings. The molecule has 0 amide bonds. The van der Waals surface area contributed by atoms with Crippen molar-refractivity contribution in [1.29, 1.82) is 0 Å². The van der Waals surface area contributed by atoms with Crippen LogP contribution in [0.2, 0.25) is 0 Å². The largest absolute Gasteiger partial charge is 0.493 e. The third-order valence-corrected chi connectivity index (χ3v) is 2.93. The van der Waals surface area contributed by atoms with Crippen molar-refractivity contribution in [3.63, 3.8) is 0 Å². The first-order chi connectivity index (χ1) is 6.24. The molecular weight excluding hydrogens is 232 g/mol. The lowest BCUT2D eigenvalue weighted by Gasteiger charge is -2.07. The van der Waals surface area contributed by atoms with Crippen LogP contribution in [0.5, 0.6) is 5.75 Å². The Labute approximate surface area is 85.0 Å². The van der Waals surface area contributed by atoms with Crippen molar-refractivity contribution in [3.8, 4) is 5.75 Å². The second kappa shape index (κ2) is 3.14. The third kappa shape index (κ3) is 1.27. The molecule has 1 heterocycles. The monoisotopic (exact) mass is 240 g/mol. The molecular formula is C10H9BrO2. The molecule has 3 heteroatoms. The van der Waals surface area contributed by atoms with Crippen LogP contribution in [0, 0.1) is 6.92 Å². The summed E-state index contributed by atoms with van der Waals surface area (Å²) in [6.07, 6.45) is 1.72. The van der Waals surface area contributed by atoms with E-state index >= 15 is 0 Å². The van der Waals surface area contributed by atoms with E-state index in [-0.39, 0.29) is 0 Å². The van der Waals surface area contributed by atoms with Crippen LogP contribution < -0.4 is 4.74 Å². The molecule has 0 aromatic heterocycles. The van der Waals surface area contributed by atoms with Gasteiger partial charge in [0.15, 0.2) is 6.29 Å². The van der Waals surface area contributed by atoms with Crippen molar-refractivity contribution >= 4 is 22.2 Å². The molecule has 0 N–H and O–H groups in total. The van der Waals surface area contributed by atoms with E-state index in [1.165, 1.54) is 0 Å². The minimum Gasteiger partial charge on any atom is -0.493 e. The number of aldehydes is 1. The average molecular weight is 241 g/mol. The van der Waals surface area contributed by atoms with Gasteiger partial charge in [-0.15, -0.1) is 0 Å². The highest BCUT2D eigenvalue weighted by Gasteiger charge is 2.20. The summed E-state index contributed by atoms with van der Waals surface area (Å²) < 4.78 is 6.31. The quantitative estimate of drug-likeness (QED) is 0.706. The summed E-state index contributed by atoms with van der Waals surface area (Å²) in [6.45, 7) is 2.68. The molecule has 0 saturated carbocycles. The van der Waals surface area contributed by atoms with E-state index in [4.69, 9.17) is 4.74 Å². The standard InChI is InChI=1S/C10H9BrO2/c1-6-4-9(11)8(5-12)7-2-3-13-10(6)7/h4-5H,2-3H2,1H3. The van der Waals surface area contributed by atoms with E-state index in [0.717, 1.165) is 39.6 Å². The van der Waals surface area contributed by atoms with Gasteiger partial charge in [0.1, 0.15) is 5.75 Å². The molecule has 0 saturated heterocycles. The Morgan fingerprint density at radius 3 is 3.08 bits per heavy atom. The van der Waals surface area contributed by atoms with Gasteiger partial charge in [-0.1, -0.05) is 15.9 Å². The predicted octanol–water partition coefficient (Wildman–Crippen LogP) is 2.50. The van der Waals surface area contributed by atoms with Crippen LogP contribution in [0.25, 0.3) is 0 Å². The van der Waals surface area contributed by atoms with E-state index in [0.29, 0.717) is 6.61 Å². The van der Waals surface area contributed by atoms with Crippen molar-refractivity contribution in [3.05, 3.63) is 27.2 Å². The highest BCUT2D eigenvalue weighted by molar-refractivity contribution is 9.10. The van der Waals surface area contributed by atoms with Crippen molar-refractivity contribution in [2.24, 2.45) is 0 Å². The molecule has 1 aliphatic heterocycles. The molecule has 0 aliphatic carbocycles. The van der Waals surface area contributed by atoms with E-state index in [1.54, 1.807) is 0 Å². The highest BCUT2D eigenvalue weighted by atomic mass is 79.9. The van der Waals surface area contributed by atoms with Crippen LogP contribution in [-0.2, 0) is 6.42 Å². The van der Waals surface area contributed by atoms with Gasteiger partial charge in [0.2, 0.25) is 0 Å². The zero-order chi connectivity index (χ0) is 9.42. The fourth-order valence-corrected chi connectivity index (χ4v) is 2.35. The Morgan fingerprint density at radius 1 is 1.62 bits per heavy atom.